The maximum Gasteiger partial charge on any atom is 0.270 e. The summed E-state index contributed by atoms with van der Waals surface area (Å²) in [5.41, 5.74) is 0.880. The summed E-state index contributed by atoms with van der Waals surface area (Å²) in [7, 11) is 0. The quantitative estimate of drug-likeness (QED) is 0.331. The number of hydrogen-bond acceptors (Lipinski definition) is 4. The number of amides is 1. The first-order chi connectivity index (χ1) is 12.5. The van der Waals surface area contributed by atoms with E-state index in [1.165, 1.54) is 18.2 Å². The van der Waals surface area contributed by atoms with Gasteiger partial charge >= 0.3 is 0 Å². The average Bonchev–Trinajstić information content (AvgIpc) is 2.65. The van der Waals surface area contributed by atoms with Gasteiger partial charge in [0.05, 0.1) is 11.5 Å². The number of nitro benzene ring substituents is 1. The molecule has 2 aromatic carbocycles. The summed E-state index contributed by atoms with van der Waals surface area (Å²) in [6.07, 6.45) is 2.01. The van der Waals surface area contributed by atoms with Crippen LogP contribution in [0.4, 0.5) is 11.4 Å². The highest BCUT2D eigenvalue weighted by molar-refractivity contribution is 9.10. The largest absolute Gasteiger partial charge is 0.380 e. The van der Waals surface area contributed by atoms with E-state index < -0.39 is 4.92 Å². The van der Waals surface area contributed by atoms with Crippen LogP contribution in [0.1, 0.15) is 30.1 Å². The Bertz CT molecular complexity index is 749. The zero-order valence-corrected chi connectivity index (χ0v) is 16.1. The monoisotopic (exact) mass is 420 g/mol. The summed E-state index contributed by atoms with van der Waals surface area (Å²) in [5.74, 6) is -0.296. The van der Waals surface area contributed by atoms with Crippen molar-refractivity contribution in [2.75, 3.05) is 24.7 Å². The summed E-state index contributed by atoms with van der Waals surface area (Å²) in [5, 5.41) is 11.0. The van der Waals surface area contributed by atoms with Crippen molar-refractivity contribution in [2.24, 2.45) is 0 Å². The number of nitro groups is 1. The van der Waals surface area contributed by atoms with Crippen LogP contribution in [0.5, 0.6) is 0 Å². The molecule has 2 rings (SSSR count). The zero-order chi connectivity index (χ0) is 18.9. The molecule has 0 atom stereocenters. The fourth-order valence-electron chi connectivity index (χ4n) is 2.38. The summed E-state index contributed by atoms with van der Waals surface area (Å²) in [4.78, 5) is 25.0. The molecule has 0 saturated heterocycles. The highest BCUT2D eigenvalue weighted by atomic mass is 79.9. The lowest BCUT2D eigenvalue weighted by molar-refractivity contribution is -0.384. The van der Waals surface area contributed by atoms with Crippen LogP contribution in [0.15, 0.2) is 53.0 Å². The van der Waals surface area contributed by atoms with E-state index in [0.717, 1.165) is 17.3 Å². The van der Waals surface area contributed by atoms with Gasteiger partial charge in [-0.2, -0.15) is 0 Å². The van der Waals surface area contributed by atoms with Gasteiger partial charge in [-0.1, -0.05) is 35.3 Å². The number of benzene rings is 2. The molecule has 0 aromatic heterocycles. The molecule has 0 aliphatic rings. The second kappa shape index (κ2) is 10.0. The van der Waals surface area contributed by atoms with Crippen LogP contribution in [-0.4, -0.2) is 30.6 Å². The maximum absolute atomic E-state index is 13.0. The van der Waals surface area contributed by atoms with Crippen molar-refractivity contribution >= 4 is 33.2 Å². The van der Waals surface area contributed by atoms with Gasteiger partial charge in [0.2, 0.25) is 0 Å². The van der Waals surface area contributed by atoms with Crippen LogP contribution in [-0.2, 0) is 4.74 Å². The number of carbonyl (C=O) groups is 1. The summed E-state index contributed by atoms with van der Waals surface area (Å²) < 4.78 is 6.49. The summed E-state index contributed by atoms with van der Waals surface area (Å²) in [6.45, 7) is 3.50. The highest BCUT2D eigenvalue weighted by Crippen LogP contribution is 2.22. The van der Waals surface area contributed by atoms with Gasteiger partial charge in [0.1, 0.15) is 0 Å². The Morgan fingerprint density at radius 2 is 1.92 bits per heavy atom. The molecule has 2 aromatic rings. The lowest BCUT2D eigenvalue weighted by Crippen LogP contribution is -2.34. The Morgan fingerprint density at radius 1 is 1.19 bits per heavy atom. The normalized spacial score (nSPS) is 10.5. The first kappa shape index (κ1) is 20.1. The van der Waals surface area contributed by atoms with Gasteiger partial charge in [-0.25, -0.2) is 0 Å². The third-order valence-corrected chi connectivity index (χ3v) is 4.32. The van der Waals surface area contributed by atoms with Crippen LogP contribution >= 0.6 is 15.9 Å². The smallest absolute Gasteiger partial charge is 0.270 e. The van der Waals surface area contributed by atoms with Crippen LogP contribution in [0, 0.1) is 10.1 Å². The van der Waals surface area contributed by atoms with Crippen molar-refractivity contribution in [1.29, 1.82) is 0 Å². The van der Waals surface area contributed by atoms with Crippen molar-refractivity contribution in [3.63, 3.8) is 0 Å². The average molecular weight is 421 g/mol. The molecule has 0 radical (unpaired) electrons. The lowest BCUT2D eigenvalue weighted by Gasteiger charge is -2.23. The molecule has 0 aliphatic heterocycles. The summed E-state index contributed by atoms with van der Waals surface area (Å²) in [6, 6.07) is 13.1. The van der Waals surface area contributed by atoms with Crippen LogP contribution < -0.4 is 4.90 Å². The van der Waals surface area contributed by atoms with E-state index in [1.54, 1.807) is 11.0 Å². The molecule has 26 heavy (non-hydrogen) atoms. The van der Waals surface area contributed by atoms with Crippen molar-refractivity contribution in [3.8, 4) is 0 Å². The first-order valence-electron chi connectivity index (χ1n) is 8.42. The Hall–Kier alpha value is -2.25. The number of nitrogens with zero attached hydrogens (tertiary/aromatic N) is 2. The van der Waals surface area contributed by atoms with E-state index in [2.05, 4.69) is 22.9 Å². The third-order valence-electron chi connectivity index (χ3n) is 3.79. The molecule has 0 aliphatic carbocycles. The van der Waals surface area contributed by atoms with Crippen LogP contribution in [0.2, 0.25) is 0 Å². The van der Waals surface area contributed by atoms with Gasteiger partial charge in [-0.15, -0.1) is 0 Å². The molecule has 1 amide bonds. The maximum atomic E-state index is 13.0. The Balaban J connectivity index is 2.21. The standard InChI is InChI=1S/C19H21BrN2O4/c1-2-3-12-26-13-11-21(17-9-7-16(20)8-10-17)19(23)15-5-4-6-18(14-15)22(24)25/h4-10,14H,2-3,11-13H2,1H3. The van der Waals surface area contributed by atoms with Crippen molar-refractivity contribution in [1.82, 2.24) is 0 Å². The topological polar surface area (TPSA) is 72.7 Å². The van der Waals surface area contributed by atoms with Crippen molar-refractivity contribution in [3.05, 3.63) is 68.7 Å². The van der Waals surface area contributed by atoms with Gasteiger partial charge in [0.25, 0.3) is 11.6 Å². The number of unbranched alkanes of at least 4 members (excludes halogenated alkanes) is 1. The van der Waals surface area contributed by atoms with E-state index in [-0.39, 0.29) is 17.2 Å². The van der Waals surface area contributed by atoms with Gasteiger partial charge < -0.3 is 9.64 Å². The van der Waals surface area contributed by atoms with E-state index >= 15 is 0 Å². The van der Waals surface area contributed by atoms with Crippen molar-refractivity contribution in [2.45, 2.75) is 19.8 Å². The van der Waals surface area contributed by atoms with E-state index in [0.29, 0.717) is 25.4 Å². The van der Waals surface area contributed by atoms with Crippen LogP contribution in [0.25, 0.3) is 0 Å². The minimum absolute atomic E-state index is 0.106. The number of carbonyl (C=O) groups excluding carboxylic acids is 1. The predicted molar refractivity (Wildman–Crippen MR) is 105 cm³/mol. The number of halogens is 1. The number of ether oxygens (including phenoxy) is 1. The Kier molecular flexibility index (Phi) is 7.74. The Morgan fingerprint density at radius 3 is 2.58 bits per heavy atom. The molecule has 0 fully saturated rings. The van der Waals surface area contributed by atoms with E-state index in [4.69, 9.17) is 4.74 Å². The summed E-state index contributed by atoms with van der Waals surface area (Å²) >= 11 is 3.38. The molecule has 7 heteroatoms. The lowest BCUT2D eigenvalue weighted by atomic mass is 10.1. The fourth-order valence-corrected chi connectivity index (χ4v) is 2.65. The highest BCUT2D eigenvalue weighted by Gasteiger charge is 2.19. The molecular weight excluding hydrogens is 400 g/mol. The SMILES string of the molecule is CCCCOCCN(C(=O)c1cccc([N+](=O)[O-])c1)c1ccc(Br)cc1. The number of rotatable bonds is 9. The van der Waals surface area contributed by atoms with Gasteiger partial charge in [-0.05, 0) is 36.8 Å². The molecule has 0 saturated carbocycles. The minimum atomic E-state index is -0.505. The zero-order valence-electron chi connectivity index (χ0n) is 14.6. The molecule has 0 unspecified atom stereocenters. The predicted octanol–water partition coefficient (Wildman–Crippen LogP) is 4.82. The second-order valence-corrected chi connectivity index (χ2v) is 6.62. The number of non-ortho nitro benzene ring substituents is 1. The van der Waals surface area contributed by atoms with Crippen LogP contribution in [0.3, 0.4) is 0 Å². The number of hydrogen-bond donors (Lipinski definition) is 0. The fraction of sp³-hybridized carbons (Fsp3) is 0.316. The first-order valence-corrected chi connectivity index (χ1v) is 9.22. The second-order valence-electron chi connectivity index (χ2n) is 5.71. The number of anilines is 1. The molecule has 0 N–H and O–H groups in total. The van der Waals surface area contributed by atoms with Gasteiger partial charge in [0, 0.05) is 41.0 Å². The molecule has 0 spiro atoms. The van der Waals surface area contributed by atoms with Gasteiger partial charge in [-0.3, -0.25) is 14.9 Å². The van der Waals surface area contributed by atoms with E-state index in [1.807, 2.05) is 24.3 Å². The Labute approximate surface area is 161 Å². The molecular formula is C19H21BrN2O4. The molecule has 138 valence electrons. The van der Waals surface area contributed by atoms with Gasteiger partial charge in [0.15, 0.2) is 0 Å². The minimum Gasteiger partial charge on any atom is -0.380 e. The third kappa shape index (κ3) is 5.64. The molecule has 6 nitrogen and oxygen atoms in total. The van der Waals surface area contributed by atoms with E-state index in [9.17, 15) is 14.9 Å². The molecule has 0 heterocycles. The van der Waals surface area contributed by atoms with Crippen molar-refractivity contribution < 1.29 is 14.5 Å². The molecule has 0 bridgehead atoms.